The van der Waals surface area contributed by atoms with Gasteiger partial charge in [0.15, 0.2) is 0 Å². The van der Waals surface area contributed by atoms with Crippen molar-refractivity contribution in [3.8, 4) is 0 Å². The van der Waals surface area contributed by atoms with E-state index in [1.165, 1.54) is 23.0 Å². The van der Waals surface area contributed by atoms with E-state index in [9.17, 15) is 14.0 Å². The number of aromatic amines is 1. The number of halogens is 1. The van der Waals surface area contributed by atoms with Crippen LogP contribution in [0.5, 0.6) is 0 Å². The second kappa shape index (κ2) is 8.37. The fraction of sp³-hybridized carbons (Fsp3) is 0.250. The summed E-state index contributed by atoms with van der Waals surface area (Å²) < 4.78 is 15.1. The number of H-pyrrole nitrogens is 1. The summed E-state index contributed by atoms with van der Waals surface area (Å²) in [4.78, 5) is 31.0. The largest absolute Gasteiger partial charge is 0.368 e. The molecule has 0 radical (unpaired) electrons. The van der Waals surface area contributed by atoms with Gasteiger partial charge in [0, 0.05) is 44.3 Å². The van der Waals surface area contributed by atoms with Crippen LogP contribution in [0.1, 0.15) is 15.2 Å². The van der Waals surface area contributed by atoms with Crippen molar-refractivity contribution < 1.29 is 9.18 Å². The van der Waals surface area contributed by atoms with Crippen molar-refractivity contribution in [3.63, 3.8) is 0 Å². The molecule has 1 saturated heterocycles. The summed E-state index contributed by atoms with van der Waals surface area (Å²) in [5.41, 5.74) is 8.21. The number of primary amides is 1. The standard InChI is InChI=1S/C24H23FN4O2S/c25-18-12-17-13-21(24(26)31)32-23(17)20(14-18)29-9-7-28(8-10-29)6-5-15-1-2-16-3-4-22(30)27-19(16)11-15/h1-4,11-14H,5-10H2,(H2,26,31)(H,27,30). The van der Waals surface area contributed by atoms with Gasteiger partial charge in [-0.25, -0.2) is 4.39 Å². The molecule has 0 saturated carbocycles. The first-order valence-corrected chi connectivity index (χ1v) is 11.4. The molecule has 6 nitrogen and oxygen atoms in total. The van der Waals surface area contributed by atoms with Crippen LogP contribution >= 0.6 is 11.3 Å². The zero-order valence-electron chi connectivity index (χ0n) is 17.4. The number of carbonyl (C=O) groups excluding carboxylic acids is 1. The molecule has 164 valence electrons. The number of anilines is 1. The minimum Gasteiger partial charge on any atom is -0.368 e. The predicted octanol–water partition coefficient (Wildman–Crippen LogP) is 3.35. The molecular weight excluding hydrogens is 427 g/mol. The van der Waals surface area contributed by atoms with E-state index in [1.54, 1.807) is 18.2 Å². The summed E-state index contributed by atoms with van der Waals surface area (Å²) in [5, 5.41) is 1.74. The van der Waals surface area contributed by atoms with Gasteiger partial charge in [-0.05, 0) is 53.1 Å². The van der Waals surface area contributed by atoms with Crippen LogP contribution in [0.2, 0.25) is 0 Å². The smallest absolute Gasteiger partial charge is 0.258 e. The van der Waals surface area contributed by atoms with E-state index < -0.39 is 5.91 Å². The van der Waals surface area contributed by atoms with Crippen molar-refractivity contribution in [2.45, 2.75) is 6.42 Å². The second-order valence-corrected chi connectivity index (χ2v) is 9.19. The van der Waals surface area contributed by atoms with Gasteiger partial charge in [0.1, 0.15) is 5.82 Å². The van der Waals surface area contributed by atoms with Gasteiger partial charge in [-0.15, -0.1) is 11.3 Å². The molecule has 2 aromatic heterocycles. The minimum atomic E-state index is -0.486. The number of piperazine rings is 1. The molecule has 8 heteroatoms. The third-order valence-corrected chi connectivity index (χ3v) is 7.21. The number of benzene rings is 2. The van der Waals surface area contributed by atoms with Crippen LogP contribution in [0, 0.1) is 5.82 Å². The van der Waals surface area contributed by atoms with Crippen molar-refractivity contribution in [3.05, 3.63) is 75.1 Å². The Hall–Kier alpha value is -3.23. The summed E-state index contributed by atoms with van der Waals surface area (Å²) >= 11 is 1.32. The molecule has 1 amide bonds. The number of nitrogens with one attached hydrogen (secondary N) is 1. The molecule has 1 aliphatic heterocycles. The van der Waals surface area contributed by atoms with Gasteiger partial charge in [-0.3, -0.25) is 14.5 Å². The van der Waals surface area contributed by atoms with Crippen LogP contribution < -0.4 is 16.2 Å². The van der Waals surface area contributed by atoms with Gasteiger partial charge < -0.3 is 15.6 Å². The molecule has 2 aromatic carbocycles. The van der Waals surface area contributed by atoms with Crippen LogP contribution in [-0.2, 0) is 6.42 Å². The first-order chi connectivity index (χ1) is 15.5. The molecule has 3 N–H and O–H groups in total. The third-order valence-electron chi connectivity index (χ3n) is 6.02. The quantitative estimate of drug-likeness (QED) is 0.489. The Morgan fingerprint density at radius 3 is 2.59 bits per heavy atom. The van der Waals surface area contributed by atoms with E-state index in [4.69, 9.17) is 5.73 Å². The molecule has 0 aliphatic carbocycles. The Labute approximate surface area is 188 Å². The highest BCUT2D eigenvalue weighted by atomic mass is 32.1. The Bertz CT molecular complexity index is 1370. The molecule has 5 rings (SSSR count). The average molecular weight is 451 g/mol. The van der Waals surface area contributed by atoms with Crippen molar-refractivity contribution >= 4 is 43.9 Å². The van der Waals surface area contributed by atoms with Gasteiger partial charge in [0.05, 0.1) is 15.3 Å². The van der Waals surface area contributed by atoms with Gasteiger partial charge in [-0.2, -0.15) is 0 Å². The number of hydrogen-bond donors (Lipinski definition) is 2. The zero-order chi connectivity index (χ0) is 22.2. The number of nitrogens with two attached hydrogens (primary N) is 1. The van der Waals surface area contributed by atoms with Crippen molar-refractivity contribution in [2.24, 2.45) is 5.73 Å². The van der Waals surface area contributed by atoms with E-state index >= 15 is 0 Å². The SMILES string of the molecule is NC(=O)c1cc2cc(F)cc(N3CCN(CCc4ccc5ccc(=O)[nH]c5c4)CC3)c2s1. The molecule has 32 heavy (non-hydrogen) atoms. The summed E-state index contributed by atoms with van der Waals surface area (Å²) in [5.74, 6) is -0.793. The number of fused-ring (bicyclic) bond motifs is 2. The highest BCUT2D eigenvalue weighted by molar-refractivity contribution is 7.21. The van der Waals surface area contributed by atoms with Crippen molar-refractivity contribution in [1.29, 1.82) is 0 Å². The van der Waals surface area contributed by atoms with Gasteiger partial charge in [0.25, 0.3) is 5.91 Å². The van der Waals surface area contributed by atoms with Gasteiger partial charge in [0.2, 0.25) is 5.56 Å². The number of thiophene rings is 1. The second-order valence-electron chi connectivity index (χ2n) is 8.14. The number of nitrogens with zero attached hydrogens (tertiary/aromatic N) is 2. The predicted molar refractivity (Wildman–Crippen MR) is 127 cm³/mol. The maximum absolute atomic E-state index is 14.2. The lowest BCUT2D eigenvalue weighted by atomic mass is 10.1. The summed E-state index contributed by atoms with van der Waals surface area (Å²) in [6.45, 7) is 4.23. The lowest BCUT2D eigenvalue weighted by molar-refractivity contribution is 0.100. The maximum atomic E-state index is 14.2. The van der Waals surface area contributed by atoms with E-state index in [2.05, 4.69) is 20.9 Å². The van der Waals surface area contributed by atoms with Crippen LogP contribution in [0.15, 0.2) is 53.3 Å². The average Bonchev–Trinajstić information content (AvgIpc) is 3.21. The van der Waals surface area contributed by atoms with Crippen molar-refractivity contribution in [1.82, 2.24) is 9.88 Å². The first kappa shape index (κ1) is 20.7. The molecule has 1 fully saturated rings. The molecule has 1 aliphatic rings. The molecule has 3 heterocycles. The van der Waals surface area contributed by atoms with E-state index in [-0.39, 0.29) is 11.4 Å². The fourth-order valence-electron chi connectivity index (χ4n) is 4.31. The number of pyridine rings is 1. The Kier molecular flexibility index (Phi) is 5.40. The van der Waals surface area contributed by atoms with E-state index in [0.29, 0.717) is 4.88 Å². The van der Waals surface area contributed by atoms with Gasteiger partial charge >= 0.3 is 0 Å². The highest BCUT2D eigenvalue weighted by Gasteiger charge is 2.21. The molecule has 0 atom stereocenters. The maximum Gasteiger partial charge on any atom is 0.258 e. The van der Waals surface area contributed by atoms with E-state index in [0.717, 1.165) is 65.8 Å². The van der Waals surface area contributed by atoms with Crippen LogP contribution in [0.25, 0.3) is 21.0 Å². The first-order valence-electron chi connectivity index (χ1n) is 10.6. The normalized spacial score (nSPS) is 15.0. The van der Waals surface area contributed by atoms with Crippen LogP contribution in [-0.4, -0.2) is 48.5 Å². The Morgan fingerprint density at radius 1 is 1.03 bits per heavy atom. The fourth-order valence-corrected chi connectivity index (χ4v) is 5.34. The number of aromatic nitrogens is 1. The number of hydrogen-bond acceptors (Lipinski definition) is 5. The van der Waals surface area contributed by atoms with Crippen molar-refractivity contribution in [2.75, 3.05) is 37.6 Å². The minimum absolute atomic E-state index is 0.0917. The Morgan fingerprint density at radius 2 is 1.81 bits per heavy atom. The summed E-state index contributed by atoms with van der Waals surface area (Å²) in [6, 6.07) is 14.2. The monoisotopic (exact) mass is 450 g/mol. The molecule has 0 spiro atoms. The third kappa shape index (κ3) is 4.11. The number of carbonyl (C=O) groups is 1. The highest BCUT2D eigenvalue weighted by Crippen LogP contribution is 2.35. The molecule has 4 aromatic rings. The lowest BCUT2D eigenvalue weighted by Gasteiger charge is -2.36. The zero-order valence-corrected chi connectivity index (χ0v) is 18.3. The van der Waals surface area contributed by atoms with E-state index in [1.807, 2.05) is 18.2 Å². The van der Waals surface area contributed by atoms with Gasteiger partial charge in [-0.1, -0.05) is 12.1 Å². The molecule has 0 unspecified atom stereocenters. The Balaban J connectivity index is 1.25. The summed E-state index contributed by atoms with van der Waals surface area (Å²) in [7, 11) is 0. The topological polar surface area (TPSA) is 82.4 Å². The van der Waals surface area contributed by atoms with Crippen LogP contribution in [0.3, 0.4) is 0 Å². The number of rotatable bonds is 5. The molecule has 0 bridgehead atoms. The van der Waals surface area contributed by atoms with Crippen LogP contribution in [0.4, 0.5) is 10.1 Å². The lowest BCUT2D eigenvalue weighted by Crippen LogP contribution is -2.47. The molecular formula is C24H23FN4O2S. The number of amides is 1. The summed E-state index contributed by atoms with van der Waals surface area (Å²) in [6.07, 6.45) is 0.893.